The number of rotatable bonds is 19. The average molecular weight is 589 g/mol. The van der Waals surface area contributed by atoms with Crippen LogP contribution in [0.25, 0.3) is 0 Å². The summed E-state index contributed by atoms with van der Waals surface area (Å²) in [7, 11) is 2.18. The van der Waals surface area contributed by atoms with Crippen LogP contribution < -0.4 is 10.6 Å². The maximum Gasteiger partial charge on any atom is 0.243 e. The smallest absolute Gasteiger partial charge is 0.243 e. The summed E-state index contributed by atoms with van der Waals surface area (Å²) in [6, 6.07) is -0.194. The van der Waals surface area contributed by atoms with E-state index < -0.39 is 6.04 Å². The number of carbonyl (C=O) groups is 2. The van der Waals surface area contributed by atoms with Gasteiger partial charge in [0, 0.05) is 50.1 Å². The van der Waals surface area contributed by atoms with Crippen LogP contribution in [0.4, 0.5) is 0 Å². The number of allylic oxidation sites excluding steroid dienone is 5. The Labute approximate surface area is 256 Å². The summed E-state index contributed by atoms with van der Waals surface area (Å²) in [5.74, 6) is 1.48. The van der Waals surface area contributed by atoms with Gasteiger partial charge in [0.2, 0.25) is 11.8 Å². The Morgan fingerprint density at radius 3 is 2.20 bits per heavy atom. The van der Waals surface area contributed by atoms with E-state index in [1.165, 1.54) is 29.6 Å². The first kappa shape index (κ1) is 35.6. The highest BCUT2D eigenvalue weighted by Crippen LogP contribution is 2.18. The quantitative estimate of drug-likeness (QED) is 0.133. The summed E-state index contributed by atoms with van der Waals surface area (Å²) < 4.78 is 0. The van der Waals surface area contributed by atoms with Gasteiger partial charge in [-0.2, -0.15) is 11.8 Å². The minimum atomic E-state index is -0.460. The molecule has 1 saturated carbocycles. The molecular weight excluding hydrogens is 528 g/mol. The Morgan fingerprint density at radius 1 is 0.854 bits per heavy atom. The van der Waals surface area contributed by atoms with Crippen molar-refractivity contribution in [2.24, 2.45) is 0 Å². The Hall–Kier alpha value is -1.57. The van der Waals surface area contributed by atoms with Crippen molar-refractivity contribution in [2.75, 3.05) is 51.3 Å². The zero-order valence-electron chi connectivity index (χ0n) is 26.9. The summed E-state index contributed by atoms with van der Waals surface area (Å²) in [6.45, 7) is 14.4. The second-order valence-electron chi connectivity index (χ2n) is 12.6. The molecule has 41 heavy (non-hydrogen) atoms. The minimum Gasteiger partial charge on any atom is -0.352 e. The van der Waals surface area contributed by atoms with Crippen molar-refractivity contribution < 1.29 is 9.59 Å². The third kappa shape index (κ3) is 17.2. The Bertz CT molecular complexity index is 851. The van der Waals surface area contributed by atoms with Crippen molar-refractivity contribution in [1.29, 1.82) is 0 Å². The number of amides is 2. The number of thioether (sulfide) groups is 1. The molecule has 2 fully saturated rings. The lowest BCUT2D eigenvalue weighted by atomic mass is 10.1. The predicted octanol–water partition coefficient (Wildman–Crippen LogP) is 6.49. The van der Waals surface area contributed by atoms with E-state index in [4.69, 9.17) is 0 Å². The maximum atomic E-state index is 13.1. The Balaban J connectivity index is 1.70. The van der Waals surface area contributed by atoms with Gasteiger partial charge in [-0.15, -0.1) is 0 Å². The van der Waals surface area contributed by atoms with Gasteiger partial charge in [0.1, 0.15) is 6.04 Å². The minimum absolute atomic E-state index is 0.00948. The fraction of sp³-hybridized carbons (Fsp3) is 0.765. The number of unbranched alkanes of at least 4 members (excludes halogenated alkanes) is 2. The molecule has 0 aromatic heterocycles. The molecule has 7 heteroatoms. The summed E-state index contributed by atoms with van der Waals surface area (Å²) in [5.41, 5.74) is 4.24. The zero-order chi connectivity index (χ0) is 29.9. The van der Waals surface area contributed by atoms with Gasteiger partial charge in [0.15, 0.2) is 0 Å². The first-order valence-corrected chi connectivity index (χ1v) is 17.4. The van der Waals surface area contributed by atoms with Crippen LogP contribution in [-0.2, 0) is 9.59 Å². The van der Waals surface area contributed by atoms with Crippen LogP contribution in [0.3, 0.4) is 0 Å². The summed E-state index contributed by atoms with van der Waals surface area (Å²) >= 11 is 1.74. The van der Waals surface area contributed by atoms with E-state index in [0.717, 1.165) is 96.3 Å². The van der Waals surface area contributed by atoms with E-state index in [1.807, 2.05) is 0 Å². The van der Waals surface area contributed by atoms with Crippen LogP contribution in [0.1, 0.15) is 105 Å². The second kappa shape index (κ2) is 21.2. The molecule has 1 aliphatic heterocycles. The molecule has 1 atom stereocenters. The monoisotopic (exact) mass is 588 g/mol. The maximum absolute atomic E-state index is 13.1. The Kier molecular flexibility index (Phi) is 18.4. The predicted molar refractivity (Wildman–Crippen MR) is 177 cm³/mol. The summed E-state index contributed by atoms with van der Waals surface area (Å²) in [4.78, 5) is 30.8. The molecule has 6 nitrogen and oxygen atoms in total. The molecule has 234 valence electrons. The first-order chi connectivity index (χ1) is 19.7. The van der Waals surface area contributed by atoms with Crippen LogP contribution in [-0.4, -0.2) is 85.0 Å². The highest BCUT2D eigenvalue weighted by Gasteiger charge is 2.24. The molecule has 1 aliphatic carbocycles. The average Bonchev–Trinajstić information content (AvgIpc) is 3.44. The number of hydrogen-bond acceptors (Lipinski definition) is 5. The number of piperazine rings is 1. The fourth-order valence-corrected chi connectivity index (χ4v) is 6.43. The molecule has 0 aromatic rings. The Morgan fingerprint density at radius 2 is 1.51 bits per heavy atom. The van der Waals surface area contributed by atoms with Crippen LogP contribution in [0.5, 0.6) is 0 Å². The van der Waals surface area contributed by atoms with Gasteiger partial charge in [-0.3, -0.25) is 9.59 Å². The third-order valence-electron chi connectivity index (χ3n) is 8.28. The zero-order valence-corrected chi connectivity index (χ0v) is 27.8. The molecule has 0 radical (unpaired) electrons. The van der Waals surface area contributed by atoms with Crippen LogP contribution in [0.15, 0.2) is 34.9 Å². The molecule has 2 rings (SSSR count). The van der Waals surface area contributed by atoms with Crippen LogP contribution >= 0.6 is 11.8 Å². The summed E-state index contributed by atoms with van der Waals surface area (Å²) in [6.07, 6.45) is 19.4. The standard InChI is InChI=1S/C34H60N4O2S/c1-28(2)13-11-14-29(3)15-12-16-30(4)20-26-41-27-32(34(40)35-31-17-8-9-18-31)36-33(39)19-7-6-10-21-38-24-22-37(5)23-25-38/h13,15,20,31-32H,6-12,14,16-19,21-27H2,1-5H3,(H,35,40)(H,36,39)/b29-15+,30-20+/t32-/m0/s1. The van der Waals surface area contributed by atoms with Crippen LogP contribution in [0.2, 0.25) is 0 Å². The molecule has 0 spiro atoms. The van der Waals surface area contributed by atoms with Crippen molar-refractivity contribution in [2.45, 2.75) is 117 Å². The van der Waals surface area contributed by atoms with E-state index in [2.05, 4.69) is 73.4 Å². The van der Waals surface area contributed by atoms with Gasteiger partial charge in [0.25, 0.3) is 0 Å². The second-order valence-corrected chi connectivity index (χ2v) is 13.6. The van der Waals surface area contributed by atoms with Gasteiger partial charge in [-0.25, -0.2) is 0 Å². The van der Waals surface area contributed by atoms with Crippen molar-refractivity contribution in [3.05, 3.63) is 34.9 Å². The van der Waals surface area contributed by atoms with Crippen molar-refractivity contribution in [3.63, 3.8) is 0 Å². The van der Waals surface area contributed by atoms with E-state index in [9.17, 15) is 9.59 Å². The van der Waals surface area contributed by atoms with E-state index >= 15 is 0 Å². The normalized spacial score (nSPS) is 18.4. The van der Waals surface area contributed by atoms with E-state index in [0.29, 0.717) is 12.2 Å². The van der Waals surface area contributed by atoms with E-state index in [1.54, 1.807) is 11.8 Å². The highest BCUT2D eigenvalue weighted by molar-refractivity contribution is 7.99. The number of nitrogens with zero attached hydrogens (tertiary/aromatic N) is 2. The van der Waals surface area contributed by atoms with Gasteiger partial charge >= 0.3 is 0 Å². The van der Waals surface area contributed by atoms with Gasteiger partial charge in [0.05, 0.1) is 0 Å². The summed E-state index contributed by atoms with van der Waals surface area (Å²) in [5, 5.41) is 6.28. The molecule has 2 aliphatic rings. The SMILES string of the molecule is CC(C)=CCC/C(C)=C/CC/C(C)=C/CSC[C@H](NC(=O)CCCCCN1CCN(C)CC1)C(=O)NC1CCCC1. The molecule has 1 heterocycles. The molecule has 0 aromatic carbocycles. The number of nitrogens with one attached hydrogen (secondary N) is 2. The van der Waals surface area contributed by atoms with Crippen LogP contribution in [0, 0.1) is 0 Å². The lowest BCUT2D eigenvalue weighted by Crippen LogP contribution is -2.50. The van der Waals surface area contributed by atoms with Crippen molar-refractivity contribution in [3.8, 4) is 0 Å². The molecule has 1 saturated heterocycles. The fourth-order valence-electron chi connectivity index (χ4n) is 5.42. The van der Waals surface area contributed by atoms with Crippen molar-refractivity contribution in [1.82, 2.24) is 20.4 Å². The number of hydrogen-bond donors (Lipinski definition) is 2. The number of carbonyl (C=O) groups excluding carboxylic acids is 2. The first-order valence-electron chi connectivity index (χ1n) is 16.3. The highest BCUT2D eigenvalue weighted by atomic mass is 32.2. The van der Waals surface area contributed by atoms with Crippen molar-refractivity contribution >= 4 is 23.6 Å². The molecule has 0 unspecified atom stereocenters. The largest absolute Gasteiger partial charge is 0.352 e. The van der Waals surface area contributed by atoms with E-state index in [-0.39, 0.29) is 17.9 Å². The van der Waals surface area contributed by atoms with Gasteiger partial charge in [-0.1, -0.05) is 54.2 Å². The van der Waals surface area contributed by atoms with Gasteiger partial charge < -0.3 is 20.4 Å². The topological polar surface area (TPSA) is 64.7 Å². The molecule has 0 bridgehead atoms. The molecular formula is C34H60N4O2S. The molecule has 2 amide bonds. The lowest BCUT2D eigenvalue weighted by Gasteiger charge is -2.32. The lowest BCUT2D eigenvalue weighted by molar-refractivity contribution is -0.128. The number of likely N-dealkylation sites (N-methyl/N-ethyl adjacent to an activating group) is 1. The van der Waals surface area contributed by atoms with Gasteiger partial charge in [-0.05, 0) is 92.7 Å². The molecule has 2 N–H and O–H groups in total. The third-order valence-corrected chi connectivity index (χ3v) is 9.26.